The number of esters is 4. The molecule has 0 rings (SSSR count). The summed E-state index contributed by atoms with van der Waals surface area (Å²) in [6.45, 7) is 4.33. The Balaban J connectivity index is 5.51. The number of aliphatic hydroxyl groups excluding tert-OH is 1. The van der Waals surface area contributed by atoms with Crippen LogP contribution in [0.3, 0.4) is 0 Å². The second kappa shape index (κ2) is 79.0. The predicted octanol–water partition coefficient (Wildman–Crippen LogP) is 24.1. The molecule has 0 aromatic heterocycles. The highest BCUT2D eigenvalue weighted by molar-refractivity contribution is 7.47. The molecular formula is C89H142O17P2. The van der Waals surface area contributed by atoms with E-state index in [0.29, 0.717) is 32.1 Å². The fourth-order valence-corrected chi connectivity index (χ4v) is 11.5. The molecule has 0 heterocycles. The number of hydrogen-bond acceptors (Lipinski definition) is 15. The first-order valence-corrected chi connectivity index (χ1v) is 43.7. The number of hydrogen-bond donors (Lipinski definition) is 3. The summed E-state index contributed by atoms with van der Waals surface area (Å²) in [5.41, 5.74) is 0. The smallest absolute Gasteiger partial charge is 0.462 e. The highest BCUT2D eigenvalue weighted by atomic mass is 31.2. The number of carbonyl (C=O) groups is 4. The Labute approximate surface area is 653 Å². The van der Waals surface area contributed by atoms with Gasteiger partial charge >= 0.3 is 39.5 Å². The molecule has 0 aliphatic heterocycles. The first kappa shape index (κ1) is 102. The van der Waals surface area contributed by atoms with Gasteiger partial charge in [0.2, 0.25) is 0 Å². The van der Waals surface area contributed by atoms with Crippen LogP contribution in [0.1, 0.15) is 285 Å². The number of aliphatic hydroxyl groups is 1. The van der Waals surface area contributed by atoms with E-state index < -0.39 is 97.5 Å². The molecule has 0 aromatic carbocycles. The van der Waals surface area contributed by atoms with Gasteiger partial charge in [0.05, 0.1) is 26.4 Å². The zero-order chi connectivity index (χ0) is 78.9. The standard InChI is InChI=1S/C89H142O17P2/c1-5-9-13-17-21-25-29-33-37-39-41-43-47-50-54-58-62-66-70-74-87(92)100-80-85(106-89(94)76-72-68-64-60-56-52-48-44-42-40-38-34-30-26-22-18-14-10-6-2)82-104-108(97,98)102-78-83(90)77-101-107(95,96)103-81-84(105-88(93)75-71-67-63-59-55-51-46-36-32-28-24-20-16-12-8-4)79-99-86(91)73-69-65-61-57-53-49-45-35-31-27-23-19-15-11-7-3/h9,11-13,15-16,21-28,33-38,41-46,50,53-55,57,59,83-85,90H,5-8,10,14,17-20,29-32,39-40,47-49,51-52,56,58,60-82H2,1-4H3,(H,95,96)(H,97,98)/b13-9-,15-11-,16-12-,25-21-,26-22-,27-23-,28-24-,37-33-,38-34-,43-41-,44-42-,45-35-,46-36-,54-50-,57-53-,59-55-. The van der Waals surface area contributed by atoms with Crippen LogP contribution in [0.4, 0.5) is 0 Å². The monoisotopic (exact) mass is 1540 g/mol. The topological polar surface area (TPSA) is 237 Å². The molecule has 3 N–H and O–H groups in total. The van der Waals surface area contributed by atoms with Crippen molar-refractivity contribution in [2.45, 2.75) is 303 Å². The number of unbranched alkanes of at least 4 members (excludes halogenated alkanes) is 16. The Hall–Kier alpha value is -6.10. The van der Waals surface area contributed by atoms with Gasteiger partial charge in [-0.1, -0.05) is 267 Å². The van der Waals surface area contributed by atoms with E-state index >= 15 is 0 Å². The van der Waals surface area contributed by atoms with Crippen LogP contribution in [0.15, 0.2) is 194 Å². The molecule has 5 unspecified atom stereocenters. The van der Waals surface area contributed by atoms with Gasteiger partial charge < -0.3 is 33.8 Å². The molecule has 0 saturated carbocycles. The lowest BCUT2D eigenvalue weighted by Gasteiger charge is -2.21. The maximum Gasteiger partial charge on any atom is 0.472 e. The molecule has 19 heteroatoms. The average Bonchev–Trinajstić information content (AvgIpc) is 0.896. The van der Waals surface area contributed by atoms with Crippen LogP contribution < -0.4 is 0 Å². The molecule has 0 amide bonds. The molecular weight excluding hydrogens is 1400 g/mol. The third kappa shape index (κ3) is 78.0. The number of ether oxygens (including phenoxy) is 4. The van der Waals surface area contributed by atoms with E-state index in [1.54, 1.807) is 0 Å². The van der Waals surface area contributed by atoms with E-state index in [1.807, 2.05) is 0 Å². The number of rotatable bonds is 74. The first-order chi connectivity index (χ1) is 52.7. The third-order valence-corrected chi connectivity index (χ3v) is 17.9. The van der Waals surface area contributed by atoms with Gasteiger partial charge in [0, 0.05) is 25.7 Å². The van der Waals surface area contributed by atoms with E-state index in [9.17, 15) is 43.2 Å². The molecule has 0 radical (unpaired) electrons. The molecule has 108 heavy (non-hydrogen) atoms. The molecule has 0 fully saturated rings. The first-order valence-electron chi connectivity index (χ1n) is 40.7. The summed E-state index contributed by atoms with van der Waals surface area (Å²) in [6, 6.07) is 0. The van der Waals surface area contributed by atoms with Crippen molar-refractivity contribution >= 4 is 39.5 Å². The van der Waals surface area contributed by atoms with Crippen LogP contribution in [0.2, 0.25) is 0 Å². The molecule has 5 atom stereocenters. The zero-order valence-corrected chi connectivity index (χ0v) is 68.5. The largest absolute Gasteiger partial charge is 0.472 e. The summed E-state index contributed by atoms with van der Waals surface area (Å²) in [5, 5.41) is 10.7. The van der Waals surface area contributed by atoms with Crippen LogP contribution in [-0.4, -0.2) is 96.7 Å². The molecule has 610 valence electrons. The number of phosphoric ester groups is 2. The predicted molar refractivity (Wildman–Crippen MR) is 445 cm³/mol. The van der Waals surface area contributed by atoms with Crippen molar-refractivity contribution in [2.24, 2.45) is 0 Å². The minimum atomic E-state index is -5.01. The Morgan fingerprint density at radius 1 is 0.269 bits per heavy atom. The fraction of sp³-hybridized carbons (Fsp3) is 0.596. The fourth-order valence-electron chi connectivity index (χ4n) is 9.94. The van der Waals surface area contributed by atoms with Gasteiger partial charge in [-0.15, -0.1) is 0 Å². The maximum absolute atomic E-state index is 13.1. The Morgan fingerprint density at radius 3 is 0.769 bits per heavy atom. The highest BCUT2D eigenvalue weighted by Crippen LogP contribution is 2.45. The summed E-state index contributed by atoms with van der Waals surface area (Å²) < 4.78 is 68.6. The number of phosphoric acid groups is 2. The van der Waals surface area contributed by atoms with Crippen LogP contribution in [0.5, 0.6) is 0 Å². The van der Waals surface area contributed by atoms with E-state index in [0.717, 1.165) is 180 Å². The lowest BCUT2D eigenvalue weighted by Crippen LogP contribution is -2.30. The van der Waals surface area contributed by atoms with E-state index in [2.05, 4.69) is 222 Å². The average molecular weight is 1550 g/mol. The molecule has 0 bridgehead atoms. The molecule has 0 spiro atoms. The molecule has 0 aliphatic carbocycles. The summed E-state index contributed by atoms with van der Waals surface area (Å²) >= 11 is 0. The SMILES string of the molecule is CC/C=C\C/C=C\C/C=C\C/C=C\C/C=C\CCCCCC(=O)OCC(COP(=O)(O)OCC(O)COP(=O)(O)OCC(COC(=O)CCCC/C=C\C/C=C\C/C=C\C/C=C\CC)OC(=O)CCCC/C=C\C/C=C\C/C=C\C/C=C\CC)OC(=O)CCCCCCCC/C=C\C/C=C\C/C=C\CCCCC. The van der Waals surface area contributed by atoms with Crippen molar-refractivity contribution in [3.63, 3.8) is 0 Å². The Bertz CT molecular complexity index is 2810. The van der Waals surface area contributed by atoms with Gasteiger partial charge in [0.25, 0.3) is 0 Å². The Kier molecular flexibility index (Phi) is 74.5. The molecule has 0 aromatic rings. The minimum Gasteiger partial charge on any atom is -0.462 e. The van der Waals surface area contributed by atoms with Crippen LogP contribution in [0, 0.1) is 0 Å². The second-order valence-corrected chi connectivity index (χ2v) is 29.1. The summed E-state index contributed by atoms with van der Waals surface area (Å²) in [5.74, 6) is -2.34. The van der Waals surface area contributed by atoms with Crippen molar-refractivity contribution in [3.8, 4) is 0 Å². The van der Waals surface area contributed by atoms with Gasteiger partial charge in [-0.3, -0.25) is 37.3 Å². The maximum atomic E-state index is 13.1. The van der Waals surface area contributed by atoms with Gasteiger partial charge in [0.15, 0.2) is 12.2 Å². The van der Waals surface area contributed by atoms with Gasteiger partial charge in [-0.05, 0) is 186 Å². The van der Waals surface area contributed by atoms with Crippen molar-refractivity contribution < 1.29 is 80.2 Å². The van der Waals surface area contributed by atoms with Crippen LogP contribution in [-0.2, 0) is 65.4 Å². The second-order valence-electron chi connectivity index (χ2n) is 26.2. The summed E-state index contributed by atoms with van der Waals surface area (Å²) in [4.78, 5) is 73.1. The van der Waals surface area contributed by atoms with Crippen molar-refractivity contribution in [1.29, 1.82) is 0 Å². The van der Waals surface area contributed by atoms with E-state index in [4.69, 9.17) is 37.0 Å². The highest BCUT2D eigenvalue weighted by Gasteiger charge is 2.30. The normalized spacial score (nSPS) is 14.8. The van der Waals surface area contributed by atoms with E-state index in [-0.39, 0.29) is 25.7 Å². The number of carbonyl (C=O) groups excluding carboxylic acids is 4. The van der Waals surface area contributed by atoms with Crippen LogP contribution >= 0.6 is 15.6 Å². The quantitative estimate of drug-likeness (QED) is 0.0169. The Morgan fingerprint density at radius 2 is 0.481 bits per heavy atom. The third-order valence-electron chi connectivity index (χ3n) is 16.0. The van der Waals surface area contributed by atoms with Gasteiger partial charge in [0.1, 0.15) is 19.3 Å². The lowest BCUT2D eigenvalue weighted by atomic mass is 10.1. The molecule has 17 nitrogen and oxygen atoms in total. The summed E-state index contributed by atoms with van der Waals surface area (Å²) in [6.07, 6.45) is 97.0. The van der Waals surface area contributed by atoms with Crippen LogP contribution in [0.25, 0.3) is 0 Å². The van der Waals surface area contributed by atoms with Crippen molar-refractivity contribution in [1.82, 2.24) is 0 Å². The van der Waals surface area contributed by atoms with Gasteiger partial charge in [-0.25, -0.2) is 9.13 Å². The lowest BCUT2D eigenvalue weighted by molar-refractivity contribution is -0.161. The van der Waals surface area contributed by atoms with Crippen molar-refractivity contribution in [2.75, 3.05) is 39.6 Å². The van der Waals surface area contributed by atoms with E-state index in [1.165, 1.54) is 19.3 Å². The minimum absolute atomic E-state index is 0.0249. The summed E-state index contributed by atoms with van der Waals surface area (Å²) in [7, 11) is -10.0. The number of allylic oxidation sites excluding steroid dienone is 32. The zero-order valence-electron chi connectivity index (χ0n) is 66.7. The van der Waals surface area contributed by atoms with Gasteiger partial charge in [-0.2, -0.15) is 0 Å². The van der Waals surface area contributed by atoms with Crippen molar-refractivity contribution in [3.05, 3.63) is 194 Å². The molecule has 0 aliphatic rings. The molecule has 0 saturated heterocycles.